The highest BCUT2D eigenvalue weighted by Crippen LogP contribution is 2.19. The number of hydrogen-bond acceptors (Lipinski definition) is 3. The Morgan fingerprint density at radius 3 is 2.50 bits per heavy atom. The first-order valence-corrected chi connectivity index (χ1v) is 8.00. The summed E-state index contributed by atoms with van der Waals surface area (Å²) in [6, 6.07) is 13.4. The van der Waals surface area contributed by atoms with Gasteiger partial charge >= 0.3 is 0 Å². The number of anilines is 1. The maximum Gasteiger partial charge on any atom is 0.268 e. The molecule has 5 nitrogen and oxygen atoms in total. The van der Waals surface area contributed by atoms with Crippen LogP contribution >= 0.6 is 0 Å². The van der Waals surface area contributed by atoms with Crippen LogP contribution in [0.5, 0.6) is 0 Å². The molecular formula is C15H16FN3O2S. The number of hydrazine groups is 1. The molecule has 0 heterocycles. The van der Waals surface area contributed by atoms with Crippen molar-refractivity contribution in [2.75, 3.05) is 10.6 Å². The van der Waals surface area contributed by atoms with Crippen molar-refractivity contribution in [2.45, 2.75) is 6.54 Å². The van der Waals surface area contributed by atoms with E-state index < -0.39 is 22.7 Å². The Bertz CT molecular complexity index is 694. The van der Waals surface area contributed by atoms with Crippen molar-refractivity contribution >= 4 is 22.6 Å². The van der Waals surface area contributed by atoms with Crippen molar-refractivity contribution in [1.82, 2.24) is 5.43 Å². The number of amides is 1. The zero-order valence-corrected chi connectivity index (χ0v) is 12.8. The van der Waals surface area contributed by atoms with E-state index >= 15 is 0 Å². The lowest BCUT2D eigenvalue weighted by Crippen LogP contribution is -2.31. The first-order valence-electron chi connectivity index (χ1n) is 6.48. The maximum atomic E-state index is 13.9. The SMILES string of the molecule is CS(=O)N(Cc1ccc(C(=O)NN)c(F)c1)c1ccccc1. The third-order valence-electron chi connectivity index (χ3n) is 3.09. The Labute approximate surface area is 130 Å². The number of nitrogens with two attached hydrogens (primary N) is 1. The number of nitrogens with zero attached hydrogens (tertiary/aromatic N) is 1. The molecule has 2 aromatic rings. The second-order valence-electron chi connectivity index (χ2n) is 4.58. The number of hydrogen-bond donors (Lipinski definition) is 2. The second kappa shape index (κ2) is 7.15. The van der Waals surface area contributed by atoms with Crippen molar-refractivity contribution < 1.29 is 13.4 Å². The summed E-state index contributed by atoms with van der Waals surface area (Å²) in [4.78, 5) is 11.4. The third-order valence-corrected chi connectivity index (χ3v) is 4.05. The molecule has 0 aliphatic carbocycles. The van der Waals surface area contributed by atoms with Crippen LogP contribution in [-0.2, 0) is 17.5 Å². The summed E-state index contributed by atoms with van der Waals surface area (Å²) in [6.45, 7) is 0.259. The van der Waals surface area contributed by atoms with E-state index in [4.69, 9.17) is 5.84 Å². The molecule has 0 saturated carbocycles. The van der Waals surface area contributed by atoms with Gasteiger partial charge in [0.1, 0.15) is 16.8 Å². The predicted molar refractivity (Wildman–Crippen MR) is 84.7 cm³/mol. The molecule has 0 spiro atoms. The van der Waals surface area contributed by atoms with E-state index in [2.05, 4.69) is 0 Å². The monoisotopic (exact) mass is 321 g/mol. The third kappa shape index (κ3) is 3.69. The number of carbonyl (C=O) groups excluding carboxylic acids is 1. The van der Waals surface area contributed by atoms with Crippen molar-refractivity contribution in [3.8, 4) is 0 Å². The van der Waals surface area contributed by atoms with Gasteiger partial charge in [-0.2, -0.15) is 0 Å². The number of benzene rings is 2. The smallest absolute Gasteiger partial charge is 0.268 e. The Hall–Kier alpha value is -2.25. The molecule has 7 heteroatoms. The van der Waals surface area contributed by atoms with E-state index in [1.807, 2.05) is 35.8 Å². The number of nitrogen functional groups attached to an aromatic ring is 1. The van der Waals surface area contributed by atoms with Gasteiger partial charge in [-0.25, -0.2) is 14.4 Å². The Morgan fingerprint density at radius 1 is 1.27 bits per heavy atom. The molecule has 22 heavy (non-hydrogen) atoms. The minimum atomic E-state index is -1.27. The fourth-order valence-corrected chi connectivity index (χ4v) is 2.76. The summed E-state index contributed by atoms with van der Waals surface area (Å²) in [7, 11) is -1.27. The number of carbonyl (C=O) groups is 1. The topological polar surface area (TPSA) is 75.4 Å². The fraction of sp³-hybridized carbons (Fsp3) is 0.133. The van der Waals surface area contributed by atoms with Crippen LogP contribution in [0.4, 0.5) is 10.1 Å². The van der Waals surface area contributed by atoms with Gasteiger partial charge in [0.15, 0.2) is 0 Å². The van der Waals surface area contributed by atoms with Crippen LogP contribution in [0.2, 0.25) is 0 Å². The van der Waals surface area contributed by atoms with Gasteiger partial charge in [-0.05, 0) is 29.8 Å². The van der Waals surface area contributed by atoms with Gasteiger partial charge in [0.2, 0.25) is 0 Å². The van der Waals surface area contributed by atoms with E-state index in [0.717, 1.165) is 5.69 Å². The zero-order valence-electron chi connectivity index (χ0n) is 12.0. The van der Waals surface area contributed by atoms with Crippen LogP contribution < -0.4 is 15.6 Å². The van der Waals surface area contributed by atoms with Gasteiger partial charge in [0, 0.05) is 11.9 Å². The minimum Gasteiger partial charge on any atom is -0.290 e. The van der Waals surface area contributed by atoms with E-state index in [-0.39, 0.29) is 12.1 Å². The first kappa shape index (κ1) is 16.1. The molecular weight excluding hydrogens is 305 g/mol. The van der Waals surface area contributed by atoms with Crippen molar-refractivity contribution in [1.29, 1.82) is 0 Å². The fourth-order valence-electron chi connectivity index (χ4n) is 2.01. The van der Waals surface area contributed by atoms with E-state index in [1.54, 1.807) is 16.6 Å². The molecule has 2 aromatic carbocycles. The number of nitrogens with one attached hydrogen (secondary N) is 1. The maximum absolute atomic E-state index is 13.9. The Kier molecular flexibility index (Phi) is 5.24. The quantitative estimate of drug-likeness (QED) is 0.500. The average Bonchev–Trinajstić information content (AvgIpc) is 2.52. The van der Waals surface area contributed by atoms with Crippen LogP contribution in [-0.4, -0.2) is 16.4 Å². The molecule has 0 saturated heterocycles. The molecule has 0 fully saturated rings. The molecule has 0 radical (unpaired) electrons. The van der Waals surface area contributed by atoms with Crippen molar-refractivity contribution in [3.05, 3.63) is 65.5 Å². The molecule has 1 atom stereocenters. The summed E-state index contributed by atoms with van der Waals surface area (Å²) in [5.41, 5.74) is 3.13. The van der Waals surface area contributed by atoms with Gasteiger partial charge in [0.05, 0.1) is 12.1 Å². The lowest BCUT2D eigenvalue weighted by Gasteiger charge is -2.21. The van der Waals surface area contributed by atoms with Gasteiger partial charge in [-0.15, -0.1) is 0 Å². The minimum absolute atomic E-state index is 0.130. The molecule has 1 unspecified atom stereocenters. The summed E-state index contributed by atoms with van der Waals surface area (Å²) >= 11 is 0. The first-order chi connectivity index (χ1) is 10.5. The van der Waals surface area contributed by atoms with Crippen molar-refractivity contribution in [3.63, 3.8) is 0 Å². The number of para-hydroxylation sites is 1. The van der Waals surface area contributed by atoms with Gasteiger partial charge < -0.3 is 0 Å². The van der Waals surface area contributed by atoms with E-state index in [0.29, 0.717) is 5.56 Å². The Morgan fingerprint density at radius 2 is 1.95 bits per heavy atom. The highest BCUT2D eigenvalue weighted by atomic mass is 32.2. The summed E-state index contributed by atoms with van der Waals surface area (Å²) in [5.74, 6) is 3.63. The standard InChI is InChI=1S/C15H16FN3O2S/c1-22(21)19(12-5-3-2-4-6-12)10-11-7-8-13(14(16)9-11)15(20)18-17/h2-9H,10,17H2,1H3,(H,18,20). The molecule has 0 aromatic heterocycles. The number of halogens is 1. The van der Waals surface area contributed by atoms with E-state index in [1.165, 1.54) is 12.1 Å². The predicted octanol–water partition coefficient (Wildman–Crippen LogP) is 1.73. The number of rotatable bonds is 5. The summed E-state index contributed by atoms with van der Waals surface area (Å²) in [5, 5.41) is 0. The molecule has 116 valence electrons. The molecule has 1 amide bonds. The molecule has 2 rings (SSSR count). The average molecular weight is 321 g/mol. The summed E-state index contributed by atoms with van der Waals surface area (Å²) < 4.78 is 27.5. The van der Waals surface area contributed by atoms with E-state index in [9.17, 15) is 13.4 Å². The van der Waals surface area contributed by atoms with Crippen LogP contribution in [0, 0.1) is 5.82 Å². The lowest BCUT2D eigenvalue weighted by molar-refractivity contribution is 0.0949. The highest BCUT2D eigenvalue weighted by molar-refractivity contribution is 7.85. The van der Waals surface area contributed by atoms with Gasteiger partial charge in [-0.1, -0.05) is 24.3 Å². The molecule has 0 bridgehead atoms. The van der Waals surface area contributed by atoms with Gasteiger partial charge in [0.25, 0.3) is 5.91 Å². The molecule has 3 N–H and O–H groups in total. The molecule has 0 aliphatic heterocycles. The van der Waals surface area contributed by atoms with Gasteiger partial charge in [-0.3, -0.25) is 14.5 Å². The molecule has 0 aliphatic rings. The van der Waals surface area contributed by atoms with Crippen LogP contribution in [0.1, 0.15) is 15.9 Å². The summed E-state index contributed by atoms with van der Waals surface area (Å²) in [6.07, 6.45) is 1.56. The second-order valence-corrected chi connectivity index (χ2v) is 5.87. The van der Waals surface area contributed by atoms with Crippen LogP contribution in [0.3, 0.4) is 0 Å². The normalized spacial score (nSPS) is 11.8. The highest BCUT2D eigenvalue weighted by Gasteiger charge is 2.14. The zero-order chi connectivity index (χ0) is 16.1. The Balaban J connectivity index is 2.26. The lowest BCUT2D eigenvalue weighted by atomic mass is 10.1. The van der Waals surface area contributed by atoms with Crippen LogP contribution in [0.15, 0.2) is 48.5 Å². The van der Waals surface area contributed by atoms with Crippen molar-refractivity contribution in [2.24, 2.45) is 5.84 Å². The largest absolute Gasteiger partial charge is 0.290 e. The van der Waals surface area contributed by atoms with Crippen LogP contribution in [0.25, 0.3) is 0 Å².